The Bertz CT molecular complexity index is 678. The molecule has 7 nitrogen and oxygen atoms in total. The Morgan fingerprint density at radius 2 is 2.10 bits per heavy atom. The van der Waals surface area contributed by atoms with Crippen molar-refractivity contribution in [2.45, 2.75) is 13.0 Å². The second kappa shape index (κ2) is 5.18. The SMILES string of the molecule is CC(c1nc(N)c2ccc(=O)[nH]c2n1)N1CCOCC1. The van der Waals surface area contributed by atoms with E-state index in [1.165, 1.54) is 6.07 Å². The van der Waals surface area contributed by atoms with E-state index in [0.29, 0.717) is 35.9 Å². The quantitative estimate of drug-likeness (QED) is 0.818. The molecule has 1 unspecified atom stereocenters. The number of hydrogen-bond donors (Lipinski definition) is 2. The number of nitrogen functional groups attached to an aromatic ring is 1. The van der Waals surface area contributed by atoms with E-state index < -0.39 is 0 Å². The highest BCUT2D eigenvalue weighted by Gasteiger charge is 2.21. The predicted molar refractivity (Wildman–Crippen MR) is 75.4 cm³/mol. The van der Waals surface area contributed by atoms with Gasteiger partial charge in [-0.3, -0.25) is 9.69 Å². The van der Waals surface area contributed by atoms with Crippen LogP contribution in [0.1, 0.15) is 18.8 Å². The van der Waals surface area contributed by atoms with Gasteiger partial charge in [0.1, 0.15) is 17.3 Å². The van der Waals surface area contributed by atoms with Gasteiger partial charge in [-0.05, 0) is 13.0 Å². The maximum Gasteiger partial charge on any atom is 0.249 e. The summed E-state index contributed by atoms with van der Waals surface area (Å²) >= 11 is 0. The summed E-state index contributed by atoms with van der Waals surface area (Å²) in [4.78, 5) is 25.1. The van der Waals surface area contributed by atoms with Crippen molar-refractivity contribution in [2.24, 2.45) is 0 Å². The maximum absolute atomic E-state index is 11.4. The average Bonchev–Trinajstić information content (AvgIpc) is 2.46. The van der Waals surface area contributed by atoms with Crippen LogP contribution in [0.5, 0.6) is 0 Å². The van der Waals surface area contributed by atoms with Crippen molar-refractivity contribution in [1.82, 2.24) is 19.9 Å². The summed E-state index contributed by atoms with van der Waals surface area (Å²) in [6, 6.07) is 3.11. The summed E-state index contributed by atoms with van der Waals surface area (Å²) in [6.07, 6.45) is 0. The number of nitrogens with two attached hydrogens (primary N) is 1. The van der Waals surface area contributed by atoms with Crippen molar-refractivity contribution in [3.8, 4) is 0 Å². The minimum absolute atomic E-state index is 0.0364. The zero-order valence-electron chi connectivity index (χ0n) is 11.3. The largest absolute Gasteiger partial charge is 0.383 e. The fourth-order valence-electron chi connectivity index (χ4n) is 2.40. The molecule has 0 radical (unpaired) electrons. The standard InChI is InChI=1S/C13H17N5O2/c1-8(18-4-6-20-7-5-18)12-16-11(14)9-2-3-10(19)15-13(9)17-12/h2-3,8H,4-7H2,1H3,(H3,14,15,16,17,19). The topological polar surface area (TPSA) is 97.1 Å². The number of aromatic nitrogens is 3. The van der Waals surface area contributed by atoms with Gasteiger partial charge in [0.05, 0.1) is 24.6 Å². The molecule has 0 saturated carbocycles. The normalized spacial score (nSPS) is 18.2. The van der Waals surface area contributed by atoms with E-state index in [4.69, 9.17) is 10.5 Å². The average molecular weight is 275 g/mol. The number of rotatable bonds is 2. The van der Waals surface area contributed by atoms with Crippen LogP contribution >= 0.6 is 0 Å². The van der Waals surface area contributed by atoms with Crippen LogP contribution in [-0.2, 0) is 4.74 Å². The number of pyridine rings is 1. The molecular formula is C13H17N5O2. The zero-order chi connectivity index (χ0) is 14.1. The number of H-pyrrole nitrogens is 1. The number of nitrogens with one attached hydrogen (secondary N) is 1. The van der Waals surface area contributed by atoms with Crippen molar-refractivity contribution in [2.75, 3.05) is 32.0 Å². The van der Waals surface area contributed by atoms with Gasteiger partial charge in [-0.15, -0.1) is 0 Å². The molecule has 0 spiro atoms. The second-order valence-corrected chi connectivity index (χ2v) is 4.88. The number of aromatic amines is 1. The summed E-state index contributed by atoms with van der Waals surface area (Å²) in [5.74, 6) is 1.01. The number of fused-ring (bicyclic) bond motifs is 1. The van der Waals surface area contributed by atoms with Gasteiger partial charge >= 0.3 is 0 Å². The van der Waals surface area contributed by atoms with E-state index in [-0.39, 0.29) is 11.6 Å². The molecule has 1 aliphatic heterocycles. The van der Waals surface area contributed by atoms with E-state index in [1.54, 1.807) is 6.07 Å². The van der Waals surface area contributed by atoms with Gasteiger partial charge in [0.2, 0.25) is 5.56 Å². The summed E-state index contributed by atoms with van der Waals surface area (Å²) in [7, 11) is 0. The minimum atomic E-state index is -0.194. The first kappa shape index (κ1) is 13.0. The number of anilines is 1. The van der Waals surface area contributed by atoms with Crippen LogP contribution in [-0.4, -0.2) is 46.2 Å². The van der Waals surface area contributed by atoms with Crippen molar-refractivity contribution in [3.63, 3.8) is 0 Å². The van der Waals surface area contributed by atoms with Crippen LogP contribution in [0.15, 0.2) is 16.9 Å². The second-order valence-electron chi connectivity index (χ2n) is 4.88. The molecule has 1 fully saturated rings. The fourth-order valence-corrected chi connectivity index (χ4v) is 2.40. The molecule has 0 amide bonds. The highest BCUT2D eigenvalue weighted by molar-refractivity contribution is 5.84. The molecule has 0 bridgehead atoms. The highest BCUT2D eigenvalue weighted by Crippen LogP contribution is 2.22. The monoisotopic (exact) mass is 275 g/mol. The van der Waals surface area contributed by atoms with Gasteiger partial charge in [-0.25, -0.2) is 9.97 Å². The Morgan fingerprint density at radius 3 is 2.85 bits per heavy atom. The van der Waals surface area contributed by atoms with Crippen LogP contribution in [0.25, 0.3) is 11.0 Å². The third-order valence-corrected chi connectivity index (χ3v) is 3.60. The van der Waals surface area contributed by atoms with Crippen molar-refractivity contribution in [1.29, 1.82) is 0 Å². The summed E-state index contributed by atoms with van der Waals surface area (Å²) in [5.41, 5.74) is 6.25. The van der Waals surface area contributed by atoms with Gasteiger partial charge in [0.15, 0.2) is 0 Å². The molecule has 20 heavy (non-hydrogen) atoms. The molecule has 1 atom stereocenters. The Labute approximate surface area is 115 Å². The van der Waals surface area contributed by atoms with E-state index in [0.717, 1.165) is 13.1 Å². The van der Waals surface area contributed by atoms with Gasteiger partial charge < -0.3 is 15.5 Å². The molecule has 0 aromatic carbocycles. The lowest BCUT2D eigenvalue weighted by Crippen LogP contribution is -2.38. The molecule has 1 saturated heterocycles. The predicted octanol–water partition coefficient (Wildman–Crippen LogP) is 0.293. The van der Waals surface area contributed by atoms with E-state index in [1.807, 2.05) is 6.92 Å². The lowest BCUT2D eigenvalue weighted by atomic mass is 10.2. The molecule has 3 heterocycles. The first-order chi connectivity index (χ1) is 9.65. The van der Waals surface area contributed by atoms with Crippen LogP contribution in [0.4, 0.5) is 5.82 Å². The Morgan fingerprint density at radius 1 is 1.35 bits per heavy atom. The first-order valence-corrected chi connectivity index (χ1v) is 6.63. The van der Waals surface area contributed by atoms with Crippen LogP contribution < -0.4 is 11.3 Å². The Balaban J connectivity index is 2.00. The molecule has 2 aromatic rings. The number of morpholine rings is 1. The summed E-state index contributed by atoms with van der Waals surface area (Å²) < 4.78 is 5.34. The molecule has 2 aromatic heterocycles. The van der Waals surface area contributed by atoms with Crippen molar-refractivity contribution in [3.05, 3.63) is 28.3 Å². The molecule has 1 aliphatic rings. The zero-order valence-corrected chi connectivity index (χ0v) is 11.3. The number of hydrogen-bond acceptors (Lipinski definition) is 6. The van der Waals surface area contributed by atoms with E-state index in [2.05, 4.69) is 19.9 Å². The molecule has 0 aliphatic carbocycles. The lowest BCUT2D eigenvalue weighted by molar-refractivity contribution is 0.0183. The van der Waals surface area contributed by atoms with Gasteiger partial charge in [0.25, 0.3) is 0 Å². The van der Waals surface area contributed by atoms with Crippen molar-refractivity contribution < 1.29 is 4.74 Å². The van der Waals surface area contributed by atoms with Crippen LogP contribution in [0.3, 0.4) is 0 Å². The van der Waals surface area contributed by atoms with Gasteiger partial charge in [-0.1, -0.05) is 0 Å². The third-order valence-electron chi connectivity index (χ3n) is 3.60. The molecule has 106 valence electrons. The van der Waals surface area contributed by atoms with Gasteiger partial charge in [-0.2, -0.15) is 0 Å². The Kier molecular flexibility index (Phi) is 3.37. The highest BCUT2D eigenvalue weighted by atomic mass is 16.5. The molecule has 3 rings (SSSR count). The molecular weight excluding hydrogens is 258 g/mol. The molecule has 7 heteroatoms. The maximum atomic E-state index is 11.4. The number of ether oxygens (including phenoxy) is 1. The minimum Gasteiger partial charge on any atom is -0.383 e. The first-order valence-electron chi connectivity index (χ1n) is 6.63. The number of nitrogens with zero attached hydrogens (tertiary/aromatic N) is 3. The molecule has 3 N–H and O–H groups in total. The lowest BCUT2D eigenvalue weighted by Gasteiger charge is -2.31. The van der Waals surface area contributed by atoms with Crippen molar-refractivity contribution >= 4 is 16.9 Å². The van der Waals surface area contributed by atoms with E-state index >= 15 is 0 Å². The van der Waals surface area contributed by atoms with Crippen LogP contribution in [0.2, 0.25) is 0 Å². The van der Waals surface area contributed by atoms with Crippen LogP contribution in [0, 0.1) is 0 Å². The fraction of sp³-hybridized carbons (Fsp3) is 0.462. The van der Waals surface area contributed by atoms with E-state index in [9.17, 15) is 4.79 Å². The smallest absolute Gasteiger partial charge is 0.249 e. The van der Waals surface area contributed by atoms with Gasteiger partial charge in [0, 0.05) is 19.2 Å². The Hall–Kier alpha value is -1.99. The third kappa shape index (κ3) is 2.37. The summed E-state index contributed by atoms with van der Waals surface area (Å²) in [6.45, 7) is 5.14. The summed E-state index contributed by atoms with van der Waals surface area (Å²) in [5, 5.41) is 0.669.